The van der Waals surface area contributed by atoms with E-state index in [1.54, 1.807) is 30.3 Å². The van der Waals surface area contributed by atoms with E-state index in [9.17, 15) is 9.18 Å². The van der Waals surface area contributed by atoms with Crippen LogP contribution in [0, 0.1) is 11.7 Å². The molecule has 0 saturated heterocycles. The van der Waals surface area contributed by atoms with Crippen LogP contribution in [-0.4, -0.2) is 5.97 Å². The summed E-state index contributed by atoms with van der Waals surface area (Å²) < 4.78 is 20.3. The van der Waals surface area contributed by atoms with Crippen molar-refractivity contribution in [2.75, 3.05) is 0 Å². The first kappa shape index (κ1) is 29.5. The molecule has 1 aliphatic rings. The van der Waals surface area contributed by atoms with Gasteiger partial charge in [0.05, 0.1) is 5.56 Å². The highest BCUT2D eigenvalue weighted by molar-refractivity contribution is 5.91. The Labute approximate surface area is 250 Å². The van der Waals surface area contributed by atoms with Crippen LogP contribution >= 0.6 is 0 Å². The number of rotatable bonds is 10. The van der Waals surface area contributed by atoms with Gasteiger partial charge in [-0.2, -0.15) is 0 Å². The Balaban J connectivity index is 1.12. The molecule has 1 fully saturated rings. The van der Waals surface area contributed by atoms with Gasteiger partial charge >= 0.3 is 5.97 Å². The second-order valence-electron chi connectivity index (χ2n) is 11.8. The van der Waals surface area contributed by atoms with Gasteiger partial charge in [0.1, 0.15) is 11.6 Å². The number of hydrogen-bond acceptors (Lipinski definition) is 2. The Hall–Kier alpha value is -3.98. The van der Waals surface area contributed by atoms with Crippen LogP contribution in [0.3, 0.4) is 0 Å². The zero-order chi connectivity index (χ0) is 29.3. The molecule has 0 radical (unpaired) electrons. The average Bonchev–Trinajstić information content (AvgIpc) is 3.02. The van der Waals surface area contributed by atoms with Gasteiger partial charge in [0.15, 0.2) is 0 Å². The van der Waals surface area contributed by atoms with Crippen molar-refractivity contribution in [3.63, 3.8) is 0 Å². The average molecular weight is 561 g/mol. The lowest BCUT2D eigenvalue weighted by atomic mass is 9.75. The third-order valence-corrected chi connectivity index (χ3v) is 8.67. The SMILES string of the molecule is CCCc1ccc(OC(=O)c2ccc(C=Cc3ccc(C4CCC(C[C@@H](C)c5ccccc5)CC4)cc3)c(F)c2)cc1. The smallest absolute Gasteiger partial charge is 0.343 e. The second-order valence-corrected chi connectivity index (χ2v) is 11.8. The first-order chi connectivity index (χ1) is 20.5. The van der Waals surface area contributed by atoms with Gasteiger partial charge in [0.25, 0.3) is 0 Å². The van der Waals surface area contributed by atoms with Gasteiger partial charge < -0.3 is 4.74 Å². The molecule has 0 aliphatic heterocycles. The van der Waals surface area contributed by atoms with Crippen LogP contribution in [0.25, 0.3) is 12.2 Å². The molecule has 0 aromatic heterocycles. The molecular weight excluding hydrogens is 519 g/mol. The van der Waals surface area contributed by atoms with E-state index >= 15 is 0 Å². The van der Waals surface area contributed by atoms with Crippen LogP contribution < -0.4 is 4.74 Å². The fourth-order valence-corrected chi connectivity index (χ4v) is 6.18. The molecule has 0 spiro atoms. The predicted octanol–water partition coefficient (Wildman–Crippen LogP) is 10.6. The van der Waals surface area contributed by atoms with E-state index in [-0.39, 0.29) is 5.56 Å². The van der Waals surface area contributed by atoms with Gasteiger partial charge in [0, 0.05) is 5.56 Å². The first-order valence-corrected chi connectivity index (χ1v) is 15.4. The molecule has 216 valence electrons. The van der Waals surface area contributed by atoms with Crippen LogP contribution in [0.1, 0.15) is 102 Å². The summed E-state index contributed by atoms with van der Waals surface area (Å²) in [6, 6.07) is 31.5. The van der Waals surface area contributed by atoms with Gasteiger partial charge in [-0.1, -0.05) is 105 Å². The third-order valence-electron chi connectivity index (χ3n) is 8.67. The summed E-state index contributed by atoms with van der Waals surface area (Å²) >= 11 is 0. The summed E-state index contributed by atoms with van der Waals surface area (Å²) in [6.07, 6.45) is 12.0. The molecule has 3 heteroatoms. The highest BCUT2D eigenvalue weighted by Crippen LogP contribution is 2.39. The topological polar surface area (TPSA) is 26.3 Å². The lowest BCUT2D eigenvalue weighted by Gasteiger charge is -2.30. The van der Waals surface area contributed by atoms with Gasteiger partial charge in [-0.05, 0) is 103 Å². The molecule has 4 aromatic rings. The number of carbonyl (C=O) groups is 1. The molecular formula is C39H41FO2. The molecule has 0 amide bonds. The number of halogens is 1. The van der Waals surface area contributed by atoms with Crippen LogP contribution in [0.5, 0.6) is 5.75 Å². The van der Waals surface area contributed by atoms with Crippen molar-refractivity contribution in [3.8, 4) is 5.75 Å². The normalized spacial score (nSPS) is 17.7. The summed E-state index contributed by atoms with van der Waals surface area (Å²) in [6.45, 7) is 4.48. The maximum atomic E-state index is 14.8. The van der Waals surface area contributed by atoms with E-state index in [2.05, 4.69) is 68.4 Å². The summed E-state index contributed by atoms with van der Waals surface area (Å²) in [4.78, 5) is 12.5. The quantitative estimate of drug-likeness (QED) is 0.110. The molecule has 0 heterocycles. The molecule has 1 atom stereocenters. The van der Waals surface area contributed by atoms with Crippen molar-refractivity contribution < 1.29 is 13.9 Å². The molecule has 2 nitrogen and oxygen atoms in total. The zero-order valence-corrected chi connectivity index (χ0v) is 24.8. The van der Waals surface area contributed by atoms with Crippen molar-refractivity contribution in [1.82, 2.24) is 0 Å². The largest absolute Gasteiger partial charge is 0.423 e. The van der Waals surface area contributed by atoms with Crippen LogP contribution in [-0.2, 0) is 6.42 Å². The second kappa shape index (κ2) is 14.3. The molecule has 1 aliphatic carbocycles. The van der Waals surface area contributed by atoms with E-state index in [0.717, 1.165) is 24.3 Å². The maximum Gasteiger partial charge on any atom is 0.343 e. The Kier molecular flexibility index (Phi) is 10.0. The standard InChI is InChI=1S/C39H41FO2/c1-3-7-29-15-24-37(25-16-29)42-39(41)36-23-22-35(38(40)27-36)21-12-30-10-17-33(18-11-30)34-19-13-31(14-20-34)26-28(2)32-8-5-4-6-9-32/h4-6,8-12,15-18,21-25,27-28,31,34H,3,7,13-14,19-20,26H2,1-2H3/t28-,31?,34?/m1/s1. The maximum absolute atomic E-state index is 14.8. The van der Waals surface area contributed by atoms with E-state index in [1.165, 1.54) is 54.9 Å². The molecule has 42 heavy (non-hydrogen) atoms. The van der Waals surface area contributed by atoms with Gasteiger partial charge in [-0.15, -0.1) is 0 Å². The first-order valence-electron chi connectivity index (χ1n) is 15.4. The van der Waals surface area contributed by atoms with E-state index in [1.807, 2.05) is 18.2 Å². The summed E-state index contributed by atoms with van der Waals surface area (Å²) in [5, 5.41) is 0. The van der Waals surface area contributed by atoms with Gasteiger partial charge in [0.2, 0.25) is 0 Å². The number of benzene rings is 4. The molecule has 0 unspecified atom stereocenters. The minimum absolute atomic E-state index is 0.191. The molecule has 5 rings (SSSR count). The fourth-order valence-electron chi connectivity index (χ4n) is 6.18. The van der Waals surface area contributed by atoms with Crippen molar-refractivity contribution in [2.24, 2.45) is 5.92 Å². The molecule has 0 N–H and O–H groups in total. The monoisotopic (exact) mass is 560 g/mol. The number of hydrogen-bond donors (Lipinski definition) is 0. The van der Waals surface area contributed by atoms with Crippen molar-refractivity contribution in [3.05, 3.63) is 136 Å². The van der Waals surface area contributed by atoms with E-state index in [4.69, 9.17) is 4.74 Å². The minimum Gasteiger partial charge on any atom is -0.423 e. The zero-order valence-electron chi connectivity index (χ0n) is 24.8. The fraction of sp³-hybridized carbons (Fsp3) is 0.308. The predicted molar refractivity (Wildman–Crippen MR) is 171 cm³/mol. The summed E-state index contributed by atoms with van der Waals surface area (Å²) in [5.74, 6) is 1.47. The van der Waals surface area contributed by atoms with Crippen molar-refractivity contribution >= 4 is 18.1 Å². The van der Waals surface area contributed by atoms with Crippen LogP contribution in [0.15, 0.2) is 97.1 Å². The third kappa shape index (κ3) is 7.85. The van der Waals surface area contributed by atoms with Gasteiger partial charge in [-0.3, -0.25) is 0 Å². The highest BCUT2D eigenvalue weighted by atomic mass is 19.1. The number of carbonyl (C=O) groups excluding carboxylic acids is 1. The Morgan fingerprint density at radius 1 is 0.881 bits per heavy atom. The van der Waals surface area contributed by atoms with Crippen LogP contribution in [0.2, 0.25) is 0 Å². The highest BCUT2D eigenvalue weighted by Gasteiger charge is 2.24. The van der Waals surface area contributed by atoms with Gasteiger partial charge in [-0.25, -0.2) is 9.18 Å². The van der Waals surface area contributed by atoms with Crippen molar-refractivity contribution in [1.29, 1.82) is 0 Å². The minimum atomic E-state index is -0.567. The Morgan fingerprint density at radius 3 is 2.26 bits per heavy atom. The number of aryl methyl sites for hydroxylation is 1. The lowest BCUT2D eigenvalue weighted by molar-refractivity contribution is 0.0734. The van der Waals surface area contributed by atoms with Crippen LogP contribution in [0.4, 0.5) is 4.39 Å². The molecule has 4 aromatic carbocycles. The Morgan fingerprint density at radius 2 is 1.60 bits per heavy atom. The number of esters is 1. The Bertz CT molecular complexity index is 1460. The lowest BCUT2D eigenvalue weighted by Crippen LogP contribution is -2.15. The van der Waals surface area contributed by atoms with E-state index < -0.39 is 11.8 Å². The molecule has 0 bridgehead atoms. The summed E-state index contributed by atoms with van der Waals surface area (Å²) in [7, 11) is 0. The van der Waals surface area contributed by atoms with E-state index in [0.29, 0.717) is 23.1 Å². The molecule has 1 saturated carbocycles. The summed E-state index contributed by atoms with van der Waals surface area (Å²) in [5.41, 5.74) is 5.69. The number of ether oxygens (including phenoxy) is 1. The van der Waals surface area contributed by atoms with Crippen molar-refractivity contribution in [2.45, 2.75) is 70.6 Å².